The number of hydrogen-bond acceptors (Lipinski definition) is 6. The summed E-state index contributed by atoms with van der Waals surface area (Å²) in [6, 6.07) is 7.95. The van der Waals surface area contributed by atoms with E-state index in [9.17, 15) is 0 Å². The third kappa shape index (κ3) is 2.04. The fourth-order valence-electron chi connectivity index (χ4n) is 3.60. The van der Waals surface area contributed by atoms with Crippen molar-refractivity contribution >= 4 is 19.0 Å². The summed E-state index contributed by atoms with van der Waals surface area (Å²) in [6.07, 6.45) is 2.50. The predicted octanol–water partition coefficient (Wildman–Crippen LogP) is 1.24. The van der Waals surface area contributed by atoms with Gasteiger partial charge in [-0.25, -0.2) is 0 Å². The van der Waals surface area contributed by atoms with Crippen molar-refractivity contribution in [2.24, 2.45) is 0 Å². The first-order chi connectivity index (χ1) is 10.7. The average molecular weight is 322 g/mol. The Morgan fingerprint density at radius 1 is 1.00 bits per heavy atom. The second-order valence-corrected chi connectivity index (χ2v) is 9.64. The van der Waals surface area contributed by atoms with Gasteiger partial charge in [-0.3, -0.25) is 0 Å². The van der Waals surface area contributed by atoms with E-state index in [0.29, 0.717) is 0 Å². The quantitative estimate of drug-likeness (QED) is 0.793. The Labute approximate surface area is 131 Å². The Kier molecular flexibility index (Phi) is 3.53. The Bertz CT molecular complexity index is 660. The SMILES string of the molecule is CN1CCN(C)[PH]1(On1nnc2ccccc21)N1CCCC1. The van der Waals surface area contributed by atoms with Gasteiger partial charge in [0.15, 0.2) is 0 Å². The maximum atomic E-state index is 6.58. The van der Waals surface area contributed by atoms with Gasteiger partial charge >= 0.3 is 130 Å². The van der Waals surface area contributed by atoms with E-state index < -0.39 is 7.94 Å². The molecule has 4 rings (SSSR count). The van der Waals surface area contributed by atoms with E-state index in [1.165, 1.54) is 12.8 Å². The molecule has 8 heteroatoms. The number of aromatic nitrogens is 3. The summed E-state index contributed by atoms with van der Waals surface area (Å²) in [5.41, 5.74) is 1.80. The molecule has 0 spiro atoms. The fraction of sp³-hybridized carbons (Fsp3) is 0.571. The van der Waals surface area contributed by atoms with Crippen LogP contribution in [0.3, 0.4) is 0 Å². The van der Waals surface area contributed by atoms with Gasteiger partial charge in [0, 0.05) is 0 Å². The van der Waals surface area contributed by atoms with Crippen molar-refractivity contribution in [2.45, 2.75) is 12.8 Å². The number of likely N-dealkylation sites (N-methyl/N-ethyl adjacent to an activating group) is 2. The molecular formula is C14H23N6OP. The minimum absolute atomic E-state index is 0.872. The Morgan fingerprint density at radius 2 is 1.68 bits per heavy atom. The second kappa shape index (κ2) is 5.42. The first-order valence-electron chi connectivity index (χ1n) is 7.89. The van der Waals surface area contributed by atoms with Gasteiger partial charge in [0.05, 0.1) is 0 Å². The monoisotopic (exact) mass is 322 g/mol. The summed E-state index contributed by atoms with van der Waals surface area (Å²) < 4.78 is 13.9. The predicted molar refractivity (Wildman–Crippen MR) is 88.5 cm³/mol. The molecule has 1 aromatic carbocycles. The number of benzene rings is 1. The molecule has 2 aliphatic rings. The van der Waals surface area contributed by atoms with Crippen molar-refractivity contribution in [3.63, 3.8) is 0 Å². The summed E-state index contributed by atoms with van der Waals surface area (Å²) in [5, 5.41) is 8.47. The molecule has 2 aliphatic heterocycles. The van der Waals surface area contributed by atoms with Crippen LogP contribution in [0.2, 0.25) is 0 Å². The summed E-state index contributed by atoms with van der Waals surface area (Å²) in [5.74, 6) is 0. The third-order valence-electron chi connectivity index (χ3n) is 4.81. The topological polar surface area (TPSA) is 49.7 Å². The van der Waals surface area contributed by atoms with E-state index >= 15 is 0 Å². The first-order valence-corrected chi connectivity index (χ1v) is 9.64. The van der Waals surface area contributed by atoms with Crippen LogP contribution < -0.4 is 4.62 Å². The zero-order chi connectivity index (χ0) is 15.2. The van der Waals surface area contributed by atoms with Crippen LogP contribution in [0.1, 0.15) is 12.8 Å². The fourth-order valence-corrected chi connectivity index (χ4v) is 7.59. The van der Waals surface area contributed by atoms with Crippen molar-refractivity contribution in [2.75, 3.05) is 40.3 Å². The minimum atomic E-state index is -2.37. The molecule has 0 amide bonds. The van der Waals surface area contributed by atoms with Crippen LogP contribution in [0.25, 0.3) is 11.0 Å². The zero-order valence-electron chi connectivity index (χ0n) is 13.1. The molecule has 1 aromatic heterocycles. The molecule has 2 saturated heterocycles. The molecule has 0 aliphatic carbocycles. The van der Waals surface area contributed by atoms with Crippen molar-refractivity contribution in [3.05, 3.63) is 24.3 Å². The van der Waals surface area contributed by atoms with Gasteiger partial charge in [0.2, 0.25) is 0 Å². The Balaban J connectivity index is 1.75. The van der Waals surface area contributed by atoms with E-state index in [2.05, 4.69) is 38.4 Å². The van der Waals surface area contributed by atoms with Crippen LogP contribution >= 0.6 is 7.94 Å². The number of hydrogen-bond donors (Lipinski definition) is 0. The number of rotatable bonds is 3. The maximum absolute atomic E-state index is 6.58. The number of fused-ring (bicyclic) bond motifs is 1. The first kappa shape index (κ1) is 14.3. The molecule has 22 heavy (non-hydrogen) atoms. The van der Waals surface area contributed by atoms with E-state index in [1.807, 2.05) is 24.3 Å². The Hall–Kier alpha value is -1.27. The zero-order valence-corrected chi connectivity index (χ0v) is 14.1. The van der Waals surface area contributed by atoms with Crippen LogP contribution in [0.15, 0.2) is 24.3 Å². The molecule has 2 fully saturated rings. The number of para-hydroxylation sites is 1. The van der Waals surface area contributed by atoms with Crippen LogP contribution in [-0.4, -0.2) is 69.4 Å². The molecule has 2 aromatic rings. The second-order valence-electron chi connectivity index (χ2n) is 6.15. The van der Waals surface area contributed by atoms with Gasteiger partial charge < -0.3 is 0 Å². The molecule has 0 saturated carbocycles. The van der Waals surface area contributed by atoms with Crippen LogP contribution in [-0.2, 0) is 0 Å². The number of nitrogens with zero attached hydrogens (tertiary/aromatic N) is 6. The Morgan fingerprint density at radius 3 is 2.41 bits per heavy atom. The molecule has 0 atom stereocenters. The van der Waals surface area contributed by atoms with Crippen molar-refractivity contribution in [1.29, 1.82) is 0 Å². The van der Waals surface area contributed by atoms with Crippen molar-refractivity contribution < 1.29 is 4.62 Å². The van der Waals surface area contributed by atoms with E-state index in [-0.39, 0.29) is 0 Å². The molecule has 0 bridgehead atoms. The third-order valence-corrected chi connectivity index (χ3v) is 8.94. The van der Waals surface area contributed by atoms with Crippen LogP contribution in [0, 0.1) is 0 Å². The molecule has 0 unspecified atom stereocenters. The normalized spacial score (nSPS) is 25.0. The van der Waals surface area contributed by atoms with Gasteiger partial charge in [0.25, 0.3) is 0 Å². The van der Waals surface area contributed by atoms with Crippen molar-refractivity contribution in [3.8, 4) is 0 Å². The molecule has 120 valence electrons. The molecular weight excluding hydrogens is 299 g/mol. The molecule has 0 radical (unpaired) electrons. The van der Waals surface area contributed by atoms with Gasteiger partial charge in [0.1, 0.15) is 0 Å². The molecule has 0 N–H and O–H groups in total. The standard InChI is InChI=1S/C14H23N6OP/c1-17-11-12-18(2)22(17,19-9-5-6-10-19)21-20-14-8-4-3-7-13(14)15-16-20/h3-4,7-8,22H,5-6,9-12H2,1-2H3. The van der Waals surface area contributed by atoms with Gasteiger partial charge in [-0.2, -0.15) is 0 Å². The van der Waals surface area contributed by atoms with E-state index in [1.54, 1.807) is 4.85 Å². The summed E-state index contributed by atoms with van der Waals surface area (Å²) in [7, 11) is 1.98. The van der Waals surface area contributed by atoms with E-state index in [0.717, 1.165) is 37.2 Å². The van der Waals surface area contributed by atoms with Crippen LogP contribution in [0.4, 0.5) is 0 Å². The van der Waals surface area contributed by atoms with Crippen LogP contribution in [0.5, 0.6) is 0 Å². The van der Waals surface area contributed by atoms with Crippen molar-refractivity contribution in [1.82, 2.24) is 29.2 Å². The van der Waals surface area contributed by atoms with Gasteiger partial charge in [-0.1, -0.05) is 0 Å². The van der Waals surface area contributed by atoms with E-state index in [4.69, 9.17) is 4.62 Å². The average Bonchev–Trinajstić information content (AvgIpc) is 3.24. The summed E-state index contributed by atoms with van der Waals surface area (Å²) in [6.45, 7) is 4.28. The summed E-state index contributed by atoms with van der Waals surface area (Å²) >= 11 is 0. The molecule has 7 nitrogen and oxygen atoms in total. The van der Waals surface area contributed by atoms with Gasteiger partial charge in [-0.15, -0.1) is 0 Å². The molecule has 3 heterocycles. The summed E-state index contributed by atoms with van der Waals surface area (Å²) in [4.78, 5) is 1.64. The van der Waals surface area contributed by atoms with Gasteiger partial charge in [-0.05, 0) is 0 Å².